The third kappa shape index (κ3) is 2.05. The topological polar surface area (TPSA) is 25.8 Å². The quantitative estimate of drug-likeness (QED) is 0.777. The van der Waals surface area contributed by atoms with Gasteiger partial charge in [-0.15, -0.1) is 0 Å². The van der Waals surface area contributed by atoms with Crippen molar-refractivity contribution in [3.63, 3.8) is 0 Å². The zero-order valence-electron chi connectivity index (χ0n) is 8.74. The normalized spacial score (nSPS) is 10.4. The van der Waals surface area contributed by atoms with Gasteiger partial charge in [0.15, 0.2) is 0 Å². The summed E-state index contributed by atoms with van der Waals surface area (Å²) in [6.45, 7) is 1.94. The highest BCUT2D eigenvalue weighted by Gasteiger charge is 2.07. The van der Waals surface area contributed by atoms with Gasteiger partial charge in [0.2, 0.25) is 0 Å². The molecule has 1 aromatic carbocycles. The largest absolute Gasteiger partial charge is 0.207 e. The summed E-state index contributed by atoms with van der Waals surface area (Å²) >= 11 is 0. The van der Waals surface area contributed by atoms with Gasteiger partial charge in [0.25, 0.3) is 0 Å². The van der Waals surface area contributed by atoms with E-state index in [0.29, 0.717) is 11.1 Å². The van der Waals surface area contributed by atoms with Gasteiger partial charge in [-0.1, -0.05) is 6.92 Å². The Bertz CT molecular complexity index is 512. The van der Waals surface area contributed by atoms with Gasteiger partial charge < -0.3 is 0 Å². The molecule has 0 spiro atoms. The Labute approximate surface area is 92.0 Å². The van der Waals surface area contributed by atoms with Crippen molar-refractivity contribution < 1.29 is 8.78 Å². The predicted octanol–water partition coefficient (Wildman–Crippen LogP) is 2.98. The standard InChI is InChI=1S/C12H10F2N2/c1-2-10-5-8(7-15-16-10)11-4-3-9(13)6-12(11)14/h3-7H,2H2,1H3. The highest BCUT2D eigenvalue weighted by atomic mass is 19.1. The SMILES string of the molecule is CCc1cc(-c2ccc(F)cc2F)cnn1. The fraction of sp³-hybridized carbons (Fsp3) is 0.167. The number of hydrogen-bond donors (Lipinski definition) is 0. The number of halogens is 2. The van der Waals surface area contributed by atoms with Crippen molar-refractivity contribution in [1.29, 1.82) is 0 Å². The molecule has 2 aromatic rings. The highest BCUT2D eigenvalue weighted by Crippen LogP contribution is 2.22. The Kier molecular flexibility index (Phi) is 2.90. The van der Waals surface area contributed by atoms with Crippen LogP contribution in [0.15, 0.2) is 30.5 Å². The van der Waals surface area contributed by atoms with E-state index in [9.17, 15) is 8.78 Å². The molecule has 0 unspecified atom stereocenters. The molecule has 0 aliphatic rings. The van der Waals surface area contributed by atoms with Crippen molar-refractivity contribution in [2.75, 3.05) is 0 Å². The van der Waals surface area contributed by atoms with E-state index in [0.717, 1.165) is 18.2 Å². The summed E-state index contributed by atoms with van der Waals surface area (Å²) in [6.07, 6.45) is 2.19. The molecule has 82 valence electrons. The summed E-state index contributed by atoms with van der Waals surface area (Å²) in [7, 11) is 0. The van der Waals surface area contributed by atoms with Crippen LogP contribution >= 0.6 is 0 Å². The van der Waals surface area contributed by atoms with Gasteiger partial charge in [0.05, 0.1) is 11.9 Å². The Morgan fingerprint density at radius 2 is 2.00 bits per heavy atom. The van der Waals surface area contributed by atoms with Crippen LogP contribution in [0.1, 0.15) is 12.6 Å². The average Bonchev–Trinajstić information content (AvgIpc) is 2.29. The van der Waals surface area contributed by atoms with Crippen LogP contribution in [0.4, 0.5) is 8.78 Å². The summed E-state index contributed by atoms with van der Waals surface area (Å²) in [5.74, 6) is -1.17. The molecule has 16 heavy (non-hydrogen) atoms. The van der Waals surface area contributed by atoms with E-state index in [1.807, 2.05) is 6.92 Å². The lowest BCUT2D eigenvalue weighted by molar-refractivity contribution is 0.585. The minimum atomic E-state index is -0.588. The monoisotopic (exact) mass is 220 g/mol. The Morgan fingerprint density at radius 1 is 1.19 bits per heavy atom. The Balaban J connectivity index is 2.49. The van der Waals surface area contributed by atoms with Crippen molar-refractivity contribution in [2.24, 2.45) is 0 Å². The van der Waals surface area contributed by atoms with Gasteiger partial charge in [-0.05, 0) is 24.6 Å². The van der Waals surface area contributed by atoms with E-state index >= 15 is 0 Å². The van der Waals surface area contributed by atoms with Crippen LogP contribution in [-0.2, 0) is 6.42 Å². The lowest BCUT2D eigenvalue weighted by atomic mass is 10.1. The van der Waals surface area contributed by atoms with Crippen molar-refractivity contribution in [3.8, 4) is 11.1 Å². The van der Waals surface area contributed by atoms with E-state index in [4.69, 9.17) is 0 Å². The first-order chi connectivity index (χ1) is 7.70. The molecule has 2 rings (SSSR count). The first-order valence-corrected chi connectivity index (χ1v) is 4.97. The van der Waals surface area contributed by atoms with E-state index in [2.05, 4.69) is 10.2 Å². The lowest BCUT2D eigenvalue weighted by Gasteiger charge is -2.03. The lowest BCUT2D eigenvalue weighted by Crippen LogP contribution is -1.93. The highest BCUT2D eigenvalue weighted by molar-refractivity contribution is 5.63. The molecular weight excluding hydrogens is 210 g/mol. The van der Waals surface area contributed by atoms with E-state index in [-0.39, 0.29) is 0 Å². The third-order valence-electron chi connectivity index (χ3n) is 2.31. The minimum Gasteiger partial charge on any atom is -0.207 e. The Hall–Kier alpha value is -1.84. The second-order valence-corrected chi connectivity index (χ2v) is 3.41. The zero-order chi connectivity index (χ0) is 11.5. The van der Waals surface area contributed by atoms with E-state index in [1.165, 1.54) is 18.3 Å². The number of hydrogen-bond acceptors (Lipinski definition) is 2. The molecule has 0 saturated carbocycles. The average molecular weight is 220 g/mol. The molecule has 0 aliphatic carbocycles. The molecule has 0 N–H and O–H groups in total. The second-order valence-electron chi connectivity index (χ2n) is 3.41. The number of nitrogens with zero attached hydrogens (tertiary/aromatic N) is 2. The van der Waals surface area contributed by atoms with Crippen LogP contribution in [0.25, 0.3) is 11.1 Å². The number of benzene rings is 1. The second kappa shape index (κ2) is 4.35. The number of aromatic nitrogens is 2. The first kappa shape index (κ1) is 10.7. The van der Waals surface area contributed by atoms with E-state index < -0.39 is 11.6 Å². The molecule has 1 heterocycles. The predicted molar refractivity (Wildman–Crippen MR) is 56.8 cm³/mol. The minimum absolute atomic E-state index is 0.339. The maximum absolute atomic E-state index is 13.5. The van der Waals surface area contributed by atoms with Crippen LogP contribution in [0.3, 0.4) is 0 Å². The molecule has 0 atom stereocenters. The molecule has 0 saturated heterocycles. The van der Waals surface area contributed by atoms with Crippen molar-refractivity contribution in [3.05, 3.63) is 47.8 Å². The van der Waals surface area contributed by atoms with Gasteiger partial charge in [-0.25, -0.2) is 8.78 Å². The van der Waals surface area contributed by atoms with E-state index in [1.54, 1.807) is 6.07 Å². The van der Waals surface area contributed by atoms with Gasteiger partial charge in [0, 0.05) is 17.2 Å². The zero-order valence-corrected chi connectivity index (χ0v) is 8.74. The molecule has 1 aromatic heterocycles. The molecule has 2 nitrogen and oxygen atoms in total. The molecule has 4 heteroatoms. The van der Waals surface area contributed by atoms with Gasteiger partial charge in [-0.3, -0.25) is 0 Å². The number of aryl methyl sites for hydroxylation is 1. The Morgan fingerprint density at radius 3 is 2.69 bits per heavy atom. The van der Waals surface area contributed by atoms with Crippen molar-refractivity contribution in [2.45, 2.75) is 13.3 Å². The smallest absolute Gasteiger partial charge is 0.133 e. The third-order valence-corrected chi connectivity index (χ3v) is 2.31. The van der Waals surface area contributed by atoms with Crippen LogP contribution < -0.4 is 0 Å². The first-order valence-electron chi connectivity index (χ1n) is 4.97. The molecular formula is C12H10F2N2. The van der Waals surface area contributed by atoms with Crippen LogP contribution in [-0.4, -0.2) is 10.2 Å². The summed E-state index contributed by atoms with van der Waals surface area (Å²) in [6, 6.07) is 5.25. The van der Waals surface area contributed by atoms with Crippen LogP contribution in [0, 0.1) is 11.6 Å². The van der Waals surface area contributed by atoms with Crippen LogP contribution in [0.5, 0.6) is 0 Å². The molecule has 0 aliphatic heterocycles. The summed E-state index contributed by atoms with van der Waals surface area (Å²) < 4.78 is 26.2. The maximum atomic E-state index is 13.5. The molecule has 0 fully saturated rings. The summed E-state index contributed by atoms with van der Waals surface area (Å²) in [5, 5.41) is 7.67. The van der Waals surface area contributed by atoms with Gasteiger partial charge in [-0.2, -0.15) is 10.2 Å². The maximum Gasteiger partial charge on any atom is 0.133 e. The number of rotatable bonds is 2. The fourth-order valence-corrected chi connectivity index (χ4v) is 1.45. The van der Waals surface area contributed by atoms with Crippen LogP contribution in [0.2, 0.25) is 0 Å². The van der Waals surface area contributed by atoms with Gasteiger partial charge in [0.1, 0.15) is 11.6 Å². The van der Waals surface area contributed by atoms with Crippen molar-refractivity contribution in [1.82, 2.24) is 10.2 Å². The molecule has 0 radical (unpaired) electrons. The fourth-order valence-electron chi connectivity index (χ4n) is 1.45. The molecule has 0 bridgehead atoms. The molecule has 0 amide bonds. The summed E-state index contributed by atoms with van der Waals surface area (Å²) in [5.41, 5.74) is 1.73. The summed E-state index contributed by atoms with van der Waals surface area (Å²) in [4.78, 5) is 0. The van der Waals surface area contributed by atoms with Crippen molar-refractivity contribution >= 4 is 0 Å². The van der Waals surface area contributed by atoms with Gasteiger partial charge >= 0.3 is 0 Å².